The molecule has 10 heteroatoms. The van der Waals surface area contributed by atoms with Crippen LogP contribution in [0.3, 0.4) is 0 Å². The Bertz CT molecular complexity index is 1990. The number of nitrogens with zero attached hydrogens (tertiary/aromatic N) is 5. The van der Waals surface area contributed by atoms with Crippen molar-refractivity contribution in [2.75, 3.05) is 16.4 Å². The van der Waals surface area contributed by atoms with Gasteiger partial charge in [0.2, 0.25) is 0 Å². The van der Waals surface area contributed by atoms with Crippen LogP contribution in [0.1, 0.15) is 35.0 Å². The highest BCUT2D eigenvalue weighted by Crippen LogP contribution is 2.51. The molecule has 0 fully saturated rings. The van der Waals surface area contributed by atoms with Gasteiger partial charge in [-0.1, -0.05) is 66.8 Å². The molecule has 0 spiro atoms. The van der Waals surface area contributed by atoms with Crippen molar-refractivity contribution in [3.8, 4) is 11.5 Å². The third-order valence-corrected chi connectivity index (χ3v) is 8.64. The lowest BCUT2D eigenvalue weighted by Gasteiger charge is -2.28. The number of carbonyl (C=O) groups excluding carboxylic acids is 2. The summed E-state index contributed by atoms with van der Waals surface area (Å²) in [6.45, 7) is 2.36. The maximum Gasteiger partial charge on any atom is 0.268 e. The number of anilines is 4. The highest BCUT2D eigenvalue weighted by atomic mass is 16.5. The predicted molar refractivity (Wildman–Crippen MR) is 177 cm³/mol. The first-order chi connectivity index (χ1) is 22.9. The molecular weight excluding hydrogens is 594 g/mol. The largest absolute Gasteiger partial charge is 0.454 e. The van der Waals surface area contributed by atoms with Crippen molar-refractivity contribution >= 4 is 34.6 Å². The Labute approximate surface area is 271 Å². The molecule has 2 N–H and O–H groups in total. The molecule has 4 aromatic carbocycles. The van der Waals surface area contributed by atoms with Crippen molar-refractivity contribution in [3.05, 3.63) is 132 Å². The number of amides is 2. The number of aryl methyl sites for hydroxylation is 1. The number of aliphatic hydroxyl groups excluding tert-OH is 1. The molecule has 0 bridgehead atoms. The van der Waals surface area contributed by atoms with Crippen molar-refractivity contribution in [2.24, 2.45) is 5.92 Å². The number of fused-ring (bicyclic) bond motifs is 3. The van der Waals surface area contributed by atoms with Crippen LogP contribution in [0.25, 0.3) is 0 Å². The average molecular weight is 628 g/mol. The first kappa shape index (κ1) is 30.1. The summed E-state index contributed by atoms with van der Waals surface area (Å²) in [4.78, 5) is 31.6. The van der Waals surface area contributed by atoms with E-state index in [4.69, 9.17) is 9.84 Å². The van der Waals surface area contributed by atoms with Crippen molar-refractivity contribution < 1.29 is 24.5 Å². The van der Waals surface area contributed by atoms with Gasteiger partial charge in [0.1, 0.15) is 5.75 Å². The van der Waals surface area contributed by atoms with Crippen LogP contribution in [0.15, 0.2) is 115 Å². The van der Waals surface area contributed by atoms with E-state index in [0.29, 0.717) is 70.5 Å². The third kappa shape index (κ3) is 5.27. The van der Waals surface area contributed by atoms with Crippen molar-refractivity contribution in [3.63, 3.8) is 0 Å². The smallest absolute Gasteiger partial charge is 0.268 e. The Morgan fingerprint density at radius 3 is 2.43 bits per heavy atom. The second kappa shape index (κ2) is 12.3. The summed E-state index contributed by atoms with van der Waals surface area (Å²) < 4.78 is 7.88. The minimum atomic E-state index is -1.93. The van der Waals surface area contributed by atoms with Gasteiger partial charge in [0.25, 0.3) is 11.8 Å². The normalized spacial score (nSPS) is 17.7. The Hall–Kier alpha value is -5.58. The second-order valence-corrected chi connectivity index (χ2v) is 11.6. The van der Waals surface area contributed by atoms with E-state index < -0.39 is 17.4 Å². The number of carbonyl (C=O) groups is 2. The second-order valence-electron chi connectivity index (χ2n) is 11.6. The van der Waals surface area contributed by atoms with Gasteiger partial charge in [-0.2, -0.15) is 0 Å². The number of aromatic nitrogens is 3. The van der Waals surface area contributed by atoms with Gasteiger partial charge in [-0.25, -0.2) is 0 Å². The number of hydrogen-bond acceptors (Lipinski definition) is 7. The number of aliphatic hydroxyl groups is 2. The van der Waals surface area contributed by atoms with E-state index in [9.17, 15) is 14.7 Å². The summed E-state index contributed by atoms with van der Waals surface area (Å²) in [7, 11) is 0. The van der Waals surface area contributed by atoms with Gasteiger partial charge < -0.3 is 14.9 Å². The molecule has 1 aromatic heterocycles. The quantitative estimate of drug-likeness (QED) is 0.191. The molecule has 2 amide bonds. The molecule has 10 nitrogen and oxygen atoms in total. The molecule has 0 saturated heterocycles. The molecule has 2 atom stereocenters. The SMILES string of the molecule is C[C@H](/C=C/CCn1cc(CCO)nn1)[C@@]1(O)C(=O)N(c2ccccc2)c2ccc(N3C(=O)c4ccccc4Oc4ccccc43)cc21. The summed E-state index contributed by atoms with van der Waals surface area (Å²) in [5, 5.41) is 29.8. The molecule has 47 heavy (non-hydrogen) atoms. The minimum Gasteiger partial charge on any atom is -0.454 e. The molecule has 236 valence electrons. The Morgan fingerprint density at radius 2 is 1.62 bits per heavy atom. The van der Waals surface area contributed by atoms with E-state index in [1.54, 1.807) is 52.2 Å². The van der Waals surface area contributed by atoms with Gasteiger partial charge in [-0.3, -0.25) is 24.1 Å². The molecule has 7 rings (SSSR count). The van der Waals surface area contributed by atoms with Gasteiger partial charge in [-0.15, -0.1) is 5.10 Å². The van der Waals surface area contributed by atoms with Crippen molar-refractivity contribution in [1.82, 2.24) is 15.0 Å². The lowest BCUT2D eigenvalue weighted by Crippen LogP contribution is -2.42. The summed E-state index contributed by atoms with van der Waals surface area (Å²) >= 11 is 0. The first-order valence-corrected chi connectivity index (χ1v) is 15.5. The van der Waals surface area contributed by atoms with Gasteiger partial charge in [0, 0.05) is 48.6 Å². The van der Waals surface area contributed by atoms with Crippen LogP contribution in [0.4, 0.5) is 22.7 Å². The van der Waals surface area contributed by atoms with E-state index in [2.05, 4.69) is 10.3 Å². The zero-order valence-corrected chi connectivity index (χ0v) is 25.7. The zero-order chi connectivity index (χ0) is 32.5. The molecule has 0 aliphatic carbocycles. The van der Waals surface area contributed by atoms with Crippen LogP contribution in [-0.2, 0) is 23.4 Å². The number of para-hydroxylation sites is 4. The molecule has 0 saturated carbocycles. The Balaban J connectivity index is 1.28. The zero-order valence-electron chi connectivity index (χ0n) is 25.7. The number of allylic oxidation sites excluding steroid dienone is 1. The summed E-state index contributed by atoms with van der Waals surface area (Å²) in [6, 6.07) is 28.9. The highest BCUT2D eigenvalue weighted by molar-refractivity contribution is 6.16. The highest BCUT2D eigenvalue weighted by Gasteiger charge is 2.53. The van der Waals surface area contributed by atoms with Gasteiger partial charge in [-0.05, 0) is 61.0 Å². The first-order valence-electron chi connectivity index (χ1n) is 15.5. The third-order valence-electron chi connectivity index (χ3n) is 8.64. The standard InChI is InChI=1S/C37H33N5O5/c1-25(11-9-10-21-40-24-26(20-22-43)38-39-40)37(46)30-23-28(18-19-31(30)42(36(37)45)27-12-3-2-4-13-27)41-32-15-6-8-17-34(32)47-33-16-7-5-14-29(33)35(41)44/h2-9,11-19,23-25,43,46H,10,20-22H2,1H3/b11-9+/t25-,37+/m1/s1. The van der Waals surface area contributed by atoms with E-state index in [1.165, 1.54) is 4.90 Å². The van der Waals surface area contributed by atoms with E-state index in [1.807, 2.05) is 79.7 Å². The molecule has 3 heterocycles. The Morgan fingerprint density at radius 1 is 0.872 bits per heavy atom. The molecule has 2 aliphatic rings. The van der Waals surface area contributed by atoms with Crippen LogP contribution >= 0.6 is 0 Å². The monoisotopic (exact) mass is 627 g/mol. The molecule has 2 aliphatic heterocycles. The fourth-order valence-electron chi connectivity index (χ4n) is 6.22. The fraction of sp³-hybridized carbons (Fsp3) is 0.189. The number of benzene rings is 4. The average Bonchev–Trinajstić information content (AvgIpc) is 3.60. The van der Waals surface area contributed by atoms with Crippen molar-refractivity contribution in [1.29, 1.82) is 0 Å². The lowest BCUT2D eigenvalue weighted by molar-refractivity contribution is -0.138. The van der Waals surface area contributed by atoms with E-state index in [0.717, 1.165) is 0 Å². The molecule has 0 radical (unpaired) electrons. The van der Waals surface area contributed by atoms with Crippen LogP contribution in [-0.4, -0.2) is 43.6 Å². The molecule has 0 unspecified atom stereocenters. The van der Waals surface area contributed by atoms with Gasteiger partial charge >= 0.3 is 0 Å². The summed E-state index contributed by atoms with van der Waals surface area (Å²) in [6.07, 6.45) is 6.58. The maximum absolute atomic E-state index is 14.3. The van der Waals surface area contributed by atoms with Gasteiger partial charge in [0.05, 0.1) is 22.6 Å². The molecular formula is C37H33N5O5. The van der Waals surface area contributed by atoms with Crippen LogP contribution < -0.4 is 14.5 Å². The van der Waals surface area contributed by atoms with E-state index >= 15 is 0 Å². The Kier molecular flexibility index (Phi) is 7.88. The van der Waals surface area contributed by atoms with Crippen LogP contribution in [0.5, 0.6) is 11.5 Å². The van der Waals surface area contributed by atoms with E-state index in [-0.39, 0.29) is 12.5 Å². The molecule has 5 aromatic rings. The predicted octanol–water partition coefficient (Wildman–Crippen LogP) is 6.05. The summed E-state index contributed by atoms with van der Waals surface area (Å²) in [5.74, 6) is -0.439. The minimum absolute atomic E-state index is 0.00537. The number of ether oxygens (including phenoxy) is 1. The van der Waals surface area contributed by atoms with Gasteiger partial charge in [0.15, 0.2) is 11.4 Å². The number of rotatable bonds is 9. The fourth-order valence-corrected chi connectivity index (χ4v) is 6.22. The van der Waals surface area contributed by atoms with Crippen LogP contribution in [0.2, 0.25) is 0 Å². The summed E-state index contributed by atoms with van der Waals surface area (Å²) in [5.41, 5.74) is 1.78. The topological polar surface area (TPSA) is 121 Å². The number of hydrogen-bond donors (Lipinski definition) is 2. The van der Waals surface area contributed by atoms with Crippen molar-refractivity contribution in [2.45, 2.75) is 31.9 Å². The lowest BCUT2D eigenvalue weighted by atomic mass is 9.82. The van der Waals surface area contributed by atoms with Crippen LogP contribution in [0, 0.1) is 5.92 Å². The maximum atomic E-state index is 14.3.